The molecule has 0 atom stereocenters. The summed E-state index contributed by atoms with van der Waals surface area (Å²) < 4.78 is 1.72. The highest BCUT2D eigenvalue weighted by atomic mass is 32.1. The van der Waals surface area contributed by atoms with Gasteiger partial charge in [-0.25, -0.2) is 9.67 Å². The standard InChI is InChI=1S/C7H9N5S/c1-12-5(3-10-11-12)6-4-9-7(2-8)13-6/h3-4H,2,8H2,1H3. The van der Waals surface area contributed by atoms with Crippen molar-refractivity contribution in [2.75, 3.05) is 0 Å². The van der Waals surface area contributed by atoms with E-state index in [1.807, 2.05) is 7.05 Å². The molecule has 0 aliphatic carbocycles. The van der Waals surface area contributed by atoms with Gasteiger partial charge in [0.25, 0.3) is 0 Å². The van der Waals surface area contributed by atoms with Crippen molar-refractivity contribution >= 4 is 11.3 Å². The predicted octanol–water partition coefficient (Wildman–Crippen LogP) is 0.397. The third-order valence-corrected chi connectivity index (χ3v) is 2.74. The first-order chi connectivity index (χ1) is 6.31. The van der Waals surface area contributed by atoms with E-state index in [-0.39, 0.29) is 0 Å². The molecule has 0 aliphatic heterocycles. The topological polar surface area (TPSA) is 69.6 Å². The van der Waals surface area contributed by atoms with Crippen LogP contribution in [0.1, 0.15) is 5.01 Å². The summed E-state index contributed by atoms with van der Waals surface area (Å²) in [4.78, 5) is 5.21. The van der Waals surface area contributed by atoms with Gasteiger partial charge in [-0.15, -0.1) is 16.4 Å². The molecule has 2 heterocycles. The molecule has 5 nitrogen and oxygen atoms in total. The Morgan fingerprint density at radius 1 is 1.54 bits per heavy atom. The molecule has 0 saturated heterocycles. The number of hydrogen-bond donors (Lipinski definition) is 1. The maximum atomic E-state index is 5.46. The van der Waals surface area contributed by atoms with Crippen LogP contribution < -0.4 is 5.73 Å². The monoisotopic (exact) mass is 195 g/mol. The second-order valence-electron chi connectivity index (χ2n) is 2.57. The first kappa shape index (κ1) is 8.33. The fourth-order valence-corrected chi connectivity index (χ4v) is 1.87. The maximum Gasteiger partial charge on any atom is 0.107 e. The zero-order valence-corrected chi connectivity index (χ0v) is 7.95. The molecule has 0 radical (unpaired) electrons. The fraction of sp³-hybridized carbons (Fsp3) is 0.286. The number of thiazole rings is 1. The molecular formula is C7H9N5S. The molecule has 0 saturated carbocycles. The van der Waals surface area contributed by atoms with E-state index in [4.69, 9.17) is 5.73 Å². The molecule has 0 unspecified atom stereocenters. The Labute approximate surface area is 79.2 Å². The normalized spacial score (nSPS) is 10.6. The van der Waals surface area contributed by atoms with Crippen LogP contribution in [0.3, 0.4) is 0 Å². The van der Waals surface area contributed by atoms with E-state index in [1.165, 1.54) is 0 Å². The summed E-state index contributed by atoms with van der Waals surface area (Å²) in [5.74, 6) is 0. The van der Waals surface area contributed by atoms with Crippen LogP contribution in [-0.2, 0) is 13.6 Å². The van der Waals surface area contributed by atoms with Gasteiger partial charge in [-0.1, -0.05) is 5.21 Å². The summed E-state index contributed by atoms with van der Waals surface area (Å²) in [6.45, 7) is 0.482. The number of hydrogen-bond acceptors (Lipinski definition) is 5. The SMILES string of the molecule is Cn1nncc1-c1cnc(CN)s1. The van der Waals surface area contributed by atoms with Crippen LogP contribution in [0.4, 0.5) is 0 Å². The number of rotatable bonds is 2. The molecule has 0 spiro atoms. The van der Waals surface area contributed by atoms with Gasteiger partial charge in [0.2, 0.25) is 0 Å². The molecule has 2 N–H and O–H groups in total. The van der Waals surface area contributed by atoms with Crippen LogP contribution in [0, 0.1) is 0 Å². The molecule has 2 aromatic heterocycles. The van der Waals surface area contributed by atoms with Crippen molar-refractivity contribution in [2.45, 2.75) is 6.54 Å². The number of nitrogens with zero attached hydrogens (tertiary/aromatic N) is 4. The van der Waals surface area contributed by atoms with Gasteiger partial charge in [-0.2, -0.15) is 0 Å². The van der Waals surface area contributed by atoms with Gasteiger partial charge in [0, 0.05) is 19.8 Å². The first-order valence-corrected chi connectivity index (χ1v) is 4.62. The van der Waals surface area contributed by atoms with Gasteiger partial charge in [0.05, 0.1) is 16.8 Å². The average molecular weight is 195 g/mol. The Balaban J connectivity index is 2.41. The Bertz CT molecular complexity index is 404. The molecule has 68 valence electrons. The minimum absolute atomic E-state index is 0.482. The Morgan fingerprint density at radius 3 is 2.92 bits per heavy atom. The second kappa shape index (κ2) is 3.23. The van der Waals surface area contributed by atoms with Crippen LogP contribution >= 0.6 is 11.3 Å². The van der Waals surface area contributed by atoms with E-state index >= 15 is 0 Å². The lowest BCUT2D eigenvalue weighted by Gasteiger charge is -1.93. The summed E-state index contributed by atoms with van der Waals surface area (Å²) in [5, 5.41) is 8.56. The lowest BCUT2D eigenvalue weighted by molar-refractivity contribution is 0.721. The summed E-state index contributed by atoms with van der Waals surface area (Å²) in [7, 11) is 1.85. The van der Waals surface area contributed by atoms with Gasteiger partial charge in [0.1, 0.15) is 5.01 Å². The van der Waals surface area contributed by atoms with E-state index < -0.39 is 0 Å². The van der Waals surface area contributed by atoms with Crippen LogP contribution in [-0.4, -0.2) is 20.0 Å². The van der Waals surface area contributed by atoms with Gasteiger partial charge in [-0.05, 0) is 0 Å². The van der Waals surface area contributed by atoms with E-state index in [9.17, 15) is 0 Å². The summed E-state index contributed by atoms with van der Waals surface area (Å²) in [6.07, 6.45) is 3.51. The van der Waals surface area contributed by atoms with E-state index in [0.29, 0.717) is 6.54 Å². The zero-order chi connectivity index (χ0) is 9.26. The van der Waals surface area contributed by atoms with E-state index in [1.54, 1.807) is 28.4 Å². The smallest absolute Gasteiger partial charge is 0.107 e. The van der Waals surface area contributed by atoms with E-state index in [2.05, 4.69) is 15.3 Å². The lowest BCUT2D eigenvalue weighted by Crippen LogP contribution is -1.93. The summed E-state index contributed by atoms with van der Waals surface area (Å²) in [6, 6.07) is 0. The molecule has 0 fully saturated rings. The molecule has 2 aromatic rings. The Kier molecular flexibility index (Phi) is 2.07. The largest absolute Gasteiger partial charge is 0.325 e. The summed E-state index contributed by atoms with van der Waals surface area (Å²) >= 11 is 1.57. The average Bonchev–Trinajstić information content (AvgIpc) is 2.71. The van der Waals surface area contributed by atoms with Gasteiger partial charge >= 0.3 is 0 Å². The molecule has 13 heavy (non-hydrogen) atoms. The van der Waals surface area contributed by atoms with Crippen molar-refractivity contribution in [3.63, 3.8) is 0 Å². The van der Waals surface area contributed by atoms with Crippen LogP contribution in [0.15, 0.2) is 12.4 Å². The number of nitrogens with two attached hydrogens (primary N) is 1. The Morgan fingerprint density at radius 2 is 2.38 bits per heavy atom. The summed E-state index contributed by atoms with van der Waals surface area (Å²) in [5.41, 5.74) is 6.43. The molecule has 2 rings (SSSR count). The molecular weight excluding hydrogens is 186 g/mol. The minimum atomic E-state index is 0.482. The quantitative estimate of drug-likeness (QED) is 0.753. The minimum Gasteiger partial charge on any atom is -0.325 e. The van der Waals surface area contributed by atoms with Crippen molar-refractivity contribution in [1.82, 2.24) is 20.0 Å². The van der Waals surface area contributed by atoms with Gasteiger partial charge in [-0.3, -0.25) is 0 Å². The van der Waals surface area contributed by atoms with Crippen LogP contribution in [0.25, 0.3) is 10.6 Å². The number of aromatic nitrogens is 4. The van der Waals surface area contributed by atoms with E-state index in [0.717, 1.165) is 15.6 Å². The van der Waals surface area contributed by atoms with Crippen molar-refractivity contribution in [3.05, 3.63) is 17.4 Å². The second-order valence-corrected chi connectivity index (χ2v) is 3.68. The highest BCUT2D eigenvalue weighted by molar-refractivity contribution is 7.15. The molecule has 0 amide bonds. The highest BCUT2D eigenvalue weighted by Crippen LogP contribution is 2.23. The molecule has 0 aromatic carbocycles. The van der Waals surface area contributed by atoms with Crippen molar-refractivity contribution < 1.29 is 0 Å². The predicted molar refractivity (Wildman–Crippen MR) is 50.0 cm³/mol. The van der Waals surface area contributed by atoms with Crippen molar-refractivity contribution in [3.8, 4) is 10.6 Å². The van der Waals surface area contributed by atoms with Gasteiger partial charge in [0.15, 0.2) is 0 Å². The van der Waals surface area contributed by atoms with Crippen molar-refractivity contribution in [2.24, 2.45) is 12.8 Å². The molecule has 6 heteroatoms. The van der Waals surface area contributed by atoms with Crippen molar-refractivity contribution in [1.29, 1.82) is 0 Å². The lowest BCUT2D eigenvalue weighted by atomic mass is 10.4. The zero-order valence-electron chi connectivity index (χ0n) is 7.14. The first-order valence-electron chi connectivity index (χ1n) is 3.81. The Hall–Kier alpha value is -1.27. The van der Waals surface area contributed by atoms with Crippen LogP contribution in [0.2, 0.25) is 0 Å². The molecule has 0 aliphatic rings. The van der Waals surface area contributed by atoms with Gasteiger partial charge < -0.3 is 5.73 Å². The maximum absolute atomic E-state index is 5.46. The van der Waals surface area contributed by atoms with Crippen LogP contribution in [0.5, 0.6) is 0 Å². The highest BCUT2D eigenvalue weighted by Gasteiger charge is 2.07. The third-order valence-electron chi connectivity index (χ3n) is 1.70. The fourth-order valence-electron chi connectivity index (χ4n) is 1.04. The molecule has 0 bridgehead atoms. The number of aryl methyl sites for hydroxylation is 1. The third kappa shape index (κ3) is 1.45.